The van der Waals surface area contributed by atoms with Gasteiger partial charge in [-0.1, -0.05) is 13.8 Å². The first kappa shape index (κ1) is 14.8. The maximum absolute atomic E-state index is 11.5. The molecule has 0 aromatic rings. The molecule has 2 unspecified atom stereocenters. The molecular formula is C11H24N2OS. The van der Waals surface area contributed by atoms with Crippen molar-refractivity contribution in [2.24, 2.45) is 5.73 Å². The van der Waals surface area contributed by atoms with Gasteiger partial charge >= 0.3 is 0 Å². The van der Waals surface area contributed by atoms with Crippen LogP contribution in [0.1, 0.15) is 40.0 Å². The first-order valence-corrected chi connectivity index (χ1v) is 6.88. The Kier molecular flexibility index (Phi) is 8.91. The number of hydrogen-bond donors (Lipinski definition) is 2. The summed E-state index contributed by atoms with van der Waals surface area (Å²) in [5.74, 6) is 2.33. The van der Waals surface area contributed by atoms with Gasteiger partial charge in [0.15, 0.2) is 0 Å². The van der Waals surface area contributed by atoms with E-state index in [1.807, 2.05) is 25.6 Å². The first-order valence-electron chi connectivity index (χ1n) is 5.72. The van der Waals surface area contributed by atoms with Crippen LogP contribution in [0.3, 0.4) is 0 Å². The van der Waals surface area contributed by atoms with Crippen LogP contribution in [0.2, 0.25) is 0 Å². The van der Waals surface area contributed by atoms with Crippen LogP contribution >= 0.6 is 11.8 Å². The maximum atomic E-state index is 11.5. The van der Waals surface area contributed by atoms with Gasteiger partial charge < -0.3 is 11.1 Å². The summed E-state index contributed by atoms with van der Waals surface area (Å²) in [5, 5.41) is 2.97. The minimum atomic E-state index is 0.00205. The van der Waals surface area contributed by atoms with Crippen molar-refractivity contribution in [1.82, 2.24) is 5.32 Å². The molecule has 90 valence electrons. The van der Waals surface area contributed by atoms with Crippen molar-refractivity contribution in [3.8, 4) is 0 Å². The molecule has 0 aliphatic rings. The number of amides is 1. The summed E-state index contributed by atoms with van der Waals surface area (Å²) in [7, 11) is 0. The van der Waals surface area contributed by atoms with E-state index in [9.17, 15) is 4.79 Å². The summed E-state index contributed by atoms with van der Waals surface area (Å²) < 4.78 is 0. The lowest BCUT2D eigenvalue weighted by molar-refractivity contribution is -0.122. The van der Waals surface area contributed by atoms with Crippen LogP contribution in [-0.2, 0) is 4.79 Å². The molecule has 0 saturated heterocycles. The molecule has 4 heteroatoms. The molecule has 3 nitrogen and oxygen atoms in total. The molecule has 0 bridgehead atoms. The topological polar surface area (TPSA) is 55.1 Å². The average molecular weight is 232 g/mol. The van der Waals surface area contributed by atoms with Gasteiger partial charge in [0.05, 0.1) is 0 Å². The molecule has 0 spiro atoms. The second-order valence-electron chi connectivity index (χ2n) is 3.83. The van der Waals surface area contributed by atoms with Crippen molar-refractivity contribution in [2.75, 3.05) is 11.5 Å². The lowest BCUT2D eigenvalue weighted by Gasteiger charge is -2.15. The van der Waals surface area contributed by atoms with E-state index in [2.05, 4.69) is 12.2 Å². The van der Waals surface area contributed by atoms with Crippen LogP contribution in [-0.4, -0.2) is 29.5 Å². The van der Waals surface area contributed by atoms with Gasteiger partial charge in [0.25, 0.3) is 0 Å². The zero-order chi connectivity index (χ0) is 11.7. The summed E-state index contributed by atoms with van der Waals surface area (Å²) in [6, 6.07) is 0.267. The lowest BCUT2D eigenvalue weighted by Crippen LogP contribution is -2.36. The van der Waals surface area contributed by atoms with E-state index in [1.54, 1.807) is 0 Å². The van der Waals surface area contributed by atoms with Gasteiger partial charge in [0.1, 0.15) is 0 Å². The molecule has 2 atom stereocenters. The molecular weight excluding hydrogens is 208 g/mol. The predicted molar refractivity (Wildman–Crippen MR) is 68.1 cm³/mol. The monoisotopic (exact) mass is 232 g/mol. The fourth-order valence-electron chi connectivity index (χ4n) is 1.19. The van der Waals surface area contributed by atoms with Gasteiger partial charge in [-0.05, 0) is 31.3 Å². The van der Waals surface area contributed by atoms with Crippen molar-refractivity contribution >= 4 is 17.7 Å². The summed E-state index contributed by atoms with van der Waals surface area (Å²) in [4.78, 5) is 11.5. The highest BCUT2D eigenvalue weighted by molar-refractivity contribution is 7.99. The first-order chi connectivity index (χ1) is 7.10. The minimum absolute atomic E-state index is 0.00205. The Labute approximate surface area is 97.6 Å². The molecule has 0 aliphatic heterocycles. The third kappa shape index (κ3) is 8.75. The quantitative estimate of drug-likeness (QED) is 0.627. The Morgan fingerprint density at radius 2 is 2.13 bits per heavy atom. The minimum Gasteiger partial charge on any atom is -0.354 e. The summed E-state index contributed by atoms with van der Waals surface area (Å²) in [6.07, 6.45) is 2.33. The summed E-state index contributed by atoms with van der Waals surface area (Å²) in [5.41, 5.74) is 5.71. The molecule has 15 heavy (non-hydrogen) atoms. The average Bonchev–Trinajstić information content (AvgIpc) is 2.17. The lowest BCUT2D eigenvalue weighted by atomic mass is 10.1. The van der Waals surface area contributed by atoms with E-state index in [4.69, 9.17) is 5.73 Å². The Balaban J connectivity index is 3.57. The molecule has 0 aromatic carbocycles. The Bertz CT molecular complexity index is 176. The number of rotatable bonds is 8. The van der Waals surface area contributed by atoms with E-state index >= 15 is 0 Å². The summed E-state index contributed by atoms with van der Waals surface area (Å²) >= 11 is 1.91. The SMILES string of the molecule is CCSCCC(C)NC(=O)CC(N)CC. The number of nitrogens with two attached hydrogens (primary N) is 1. The fourth-order valence-corrected chi connectivity index (χ4v) is 2.00. The molecule has 0 fully saturated rings. The van der Waals surface area contributed by atoms with Crippen molar-refractivity contribution in [1.29, 1.82) is 0 Å². The van der Waals surface area contributed by atoms with Gasteiger partial charge in [0.2, 0.25) is 5.91 Å². The highest BCUT2D eigenvalue weighted by atomic mass is 32.2. The van der Waals surface area contributed by atoms with Crippen LogP contribution in [0.5, 0.6) is 0 Å². The maximum Gasteiger partial charge on any atom is 0.221 e. The zero-order valence-corrected chi connectivity index (χ0v) is 10.9. The van der Waals surface area contributed by atoms with Gasteiger partial charge in [-0.15, -0.1) is 0 Å². The van der Waals surface area contributed by atoms with Crippen molar-refractivity contribution < 1.29 is 4.79 Å². The van der Waals surface area contributed by atoms with Gasteiger partial charge in [-0.2, -0.15) is 11.8 Å². The van der Waals surface area contributed by atoms with E-state index in [0.717, 1.165) is 24.3 Å². The highest BCUT2D eigenvalue weighted by Crippen LogP contribution is 2.04. The van der Waals surface area contributed by atoms with Gasteiger partial charge in [-0.3, -0.25) is 4.79 Å². The normalized spacial score (nSPS) is 14.7. The van der Waals surface area contributed by atoms with E-state index in [0.29, 0.717) is 6.42 Å². The standard InChI is InChI=1S/C11H24N2OS/c1-4-10(12)8-11(14)13-9(3)6-7-15-5-2/h9-10H,4-8,12H2,1-3H3,(H,13,14). The number of hydrogen-bond acceptors (Lipinski definition) is 3. The largest absolute Gasteiger partial charge is 0.354 e. The van der Waals surface area contributed by atoms with Gasteiger partial charge in [0, 0.05) is 18.5 Å². The number of thioether (sulfide) groups is 1. The summed E-state index contributed by atoms with van der Waals surface area (Å²) in [6.45, 7) is 6.19. The molecule has 1 amide bonds. The second kappa shape index (κ2) is 9.04. The number of carbonyl (C=O) groups excluding carboxylic acids is 1. The van der Waals surface area contributed by atoms with Crippen LogP contribution in [0.4, 0.5) is 0 Å². The Morgan fingerprint density at radius 1 is 1.47 bits per heavy atom. The van der Waals surface area contributed by atoms with Crippen molar-refractivity contribution in [3.05, 3.63) is 0 Å². The van der Waals surface area contributed by atoms with E-state index in [-0.39, 0.29) is 18.0 Å². The second-order valence-corrected chi connectivity index (χ2v) is 5.22. The fraction of sp³-hybridized carbons (Fsp3) is 0.909. The molecule has 0 saturated carbocycles. The zero-order valence-electron chi connectivity index (χ0n) is 10.1. The molecule has 0 rings (SSSR count). The van der Waals surface area contributed by atoms with Crippen molar-refractivity contribution in [2.45, 2.75) is 52.1 Å². The third-order valence-electron chi connectivity index (χ3n) is 2.28. The van der Waals surface area contributed by atoms with Crippen LogP contribution in [0.25, 0.3) is 0 Å². The molecule has 0 radical (unpaired) electrons. The Morgan fingerprint density at radius 3 is 2.67 bits per heavy atom. The Hall–Kier alpha value is -0.220. The number of carbonyl (C=O) groups is 1. The van der Waals surface area contributed by atoms with Crippen molar-refractivity contribution in [3.63, 3.8) is 0 Å². The smallest absolute Gasteiger partial charge is 0.221 e. The molecule has 0 heterocycles. The molecule has 3 N–H and O–H groups in total. The molecule has 0 aliphatic carbocycles. The van der Waals surface area contributed by atoms with E-state index in [1.165, 1.54) is 0 Å². The van der Waals surface area contributed by atoms with Crippen LogP contribution < -0.4 is 11.1 Å². The highest BCUT2D eigenvalue weighted by Gasteiger charge is 2.10. The van der Waals surface area contributed by atoms with Gasteiger partial charge in [-0.25, -0.2) is 0 Å². The predicted octanol–water partition coefficient (Wildman–Crippen LogP) is 1.76. The van der Waals surface area contributed by atoms with Crippen LogP contribution in [0.15, 0.2) is 0 Å². The van der Waals surface area contributed by atoms with E-state index < -0.39 is 0 Å². The number of nitrogens with one attached hydrogen (secondary N) is 1. The molecule has 0 aromatic heterocycles. The van der Waals surface area contributed by atoms with Crippen LogP contribution in [0, 0.1) is 0 Å². The third-order valence-corrected chi connectivity index (χ3v) is 3.21.